The van der Waals surface area contributed by atoms with Crippen LogP contribution in [0.15, 0.2) is 0 Å². The summed E-state index contributed by atoms with van der Waals surface area (Å²) < 4.78 is 5.70. The van der Waals surface area contributed by atoms with E-state index in [9.17, 15) is 0 Å². The normalized spacial score (nSPS) is 21.7. The highest BCUT2D eigenvalue weighted by molar-refractivity contribution is 4.76. The third-order valence-electron chi connectivity index (χ3n) is 4.32. The Bertz CT molecular complexity index is 184. The molecule has 0 aliphatic carbocycles. The lowest BCUT2D eigenvalue weighted by atomic mass is 9.87. The minimum atomic E-state index is 0.568. The first-order valence-electron chi connectivity index (χ1n) is 8.10. The van der Waals surface area contributed by atoms with Crippen LogP contribution in [-0.2, 0) is 4.74 Å². The standard InChI is InChI=1S/C16H33NO/c1-4-8-14(9-5-2)16(17-3)12-6-10-15-11-7-13-18-15/h14-17H,4-13H2,1-3H3. The SMILES string of the molecule is CCCC(CCC)C(CCCC1CCCO1)NC. The topological polar surface area (TPSA) is 21.3 Å². The second-order valence-electron chi connectivity index (χ2n) is 5.80. The second kappa shape index (κ2) is 9.80. The molecule has 0 aromatic rings. The van der Waals surface area contributed by atoms with Gasteiger partial charge in [-0.2, -0.15) is 0 Å². The van der Waals surface area contributed by atoms with Gasteiger partial charge in [0.05, 0.1) is 6.10 Å². The molecule has 2 unspecified atom stereocenters. The first-order valence-corrected chi connectivity index (χ1v) is 8.10. The molecule has 108 valence electrons. The van der Waals surface area contributed by atoms with E-state index in [-0.39, 0.29) is 0 Å². The van der Waals surface area contributed by atoms with Crippen LogP contribution >= 0.6 is 0 Å². The molecule has 0 saturated carbocycles. The molecule has 2 atom stereocenters. The minimum absolute atomic E-state index is 0.568. The molecule has 0 aromatic heterocycles. The maximum Gasteiger partial charge on any atom is 0.0576 e. The Morgan fingerprint density at radius 3 is 2.39 bits per heavy atom. The lowest BCUT2D eigenvalue weighted by molar-refractivity contribution is 0.100. The van der Waals surface area contributed by atoms with Crippen LogP contribution in [0, 0.1) is 5.92 Å². The van der Waals surface area contributed by atoms with E-state index in [1.165, 1.54) is 57.8 Å². The van der Waals surface area contributed by atoms with Crippen LogP contribution in [0.3, 0.4) is 0 Å². The van der Waals surface area contributed by atoms with Crippen molar-refractivity contribution in [3.63, 3.8) is 0 Å². The van der Waals surface area contributed by atoms with Gasteiger partial charge in [0.1, 0.15) is 0 Å². The fourth-order valence-electron chi connectivity index (χ4n) is 3.34. The molecule has 1 heterocycles. The molecule has 0 bridgehead atoms. The van der Waals surface area contributed by atoms with E-state index in [2.05, 4.69) is 26.2 Å². The molecule has 1 aliphatic rings. The summed E-state index contributed by atoms with van der Waals surface area (Å²) in [6.07, 6.45) is 12.4. The van der Waals surface area contributed by atoms with Crippen molar-refractivity contribution in [3.05, 3.63) is 0 Å². The van der Waals surface area contributed by atoms with Crippen LogP contribution in [-0.4, -0.2) is 25.8 Å². The maximum atomic E-state index is 5.70. The predicted octanol–water partition coefficient (Wildman–Crippen LogP) is 4.14. The molecule has 1 rings (SSSR count). The van der Waals surface area contributed by atoms with Crippen LogP contribution < -0.4 is 5.32 Å². The van der Waals surface area contributed by atoms with Crippen molar-refractivity contribution in [1.29, 1.82) is 0 Å². The molecule has 1 aliphatic heterocycles. The van der Waals surface area contributed by atoms with Gasteiger partial charge in [-0.1, -0.05) is 26.7 Å². The Kier molecular flexibility index (Phi) is 8.70. The fourth-order valence-corrected chi connectivity index (χ4v) is 3.34. The van der Waals surface area contributed by atoms with E-state index in [0.29, 0.717) is 12.1 Å². The second-order valence-corrected chi connectivity index (χ2v) is 5.80. The van der Waals surface area contributed by atoms with Gasteiger partial charge >= 0.3 is 0 Å². The van der Waals surface area contributed by atoms with Crippen LogP contribution in [0.5, 0.6) is 0 Å². The molecule has 0 radical (unpaired) electrons. The lowest BCUT2D eigenvalue weighted by Gasteiger charge is -2.27. The third kappa shape index (κ3) is 5.71. The number of rotatable bonds is 10. The predicted molar refractivity (Wildman–Crippen MR) is 79.0 cm³/mol. The molecule has 2 heteroatoms. The Hall–Kier alpha value is -0.0800. The molecule has 18 heavy (non-hydrogen) atoms. The van der Waals surface area contributed by atoms with Gasteiger partial charge in [0.15, 0.2) is 0 Å². The zero-order chi connectivity index (χ0) is 13.2. The molecule has 0 spiro atoms. The van der Waals surface area contributed by atoms with Crippen molar-refractivity contribution in [3.8, 4) is 0 Å². The van der Waals surface area contributed by atoms with Crippen LogP contribution in [0.25, 0.3) is 0 Å². The monoisotopic (exact) mass is 255 g/mol. The third-order valence-corrected chi connectivity index (χ3v) is 4.32. The van der Waals surface area contributed by atoms with Crippen molar-refractivity contribution in [2.75, 3.05) is 13.7 Å². The Balaban J connectivity index is 2.24. The quantitative estimate of drug-likeness (QED) is 0.633. The van der Waals surface area contributed by atoms with Gasteiger partial charge in [-0.05, 0) is 57.9 Å². The van der Waals surface area contributed by atoms with E-state index < -0.39 is 0 Å². The smallest absolute Gasteiger partial charge is 0.0576 e. The molecular weight excluding hydrogens is 222 g/mol. The van der Waals surface area contributed by atoms with Gasteiger partial charge in [0, 0.05) is 12.6 Å². The molecule has 0 aromatic carbocycles. The first kappa shape index (κ1) is 16.0. The molecule has 1 saturated heterocycles. The summed E-state index contributed by atoms with van der Waals surface area (Å²) >= 11 is 0. The van der Waals surface area contributed by atoms with Crippen molar-refractivity contribution >= 4 is 0 Å². The highest BCUT2D eigenvalue weighted by atomic mass is 16.5. The Labute approximate surface area is 114 Å². The van der Waals surface area contributed by atoms with Crippen molar-refractivity contribution < 1.29 is 4.74 Å². The van der Waals surface area contributed by atoms with Crippen LogP contribution in [0.2, 0.25) is 0 Å². The van der Waals surface area contributed by atoms with E-state index in [1.807, 2.05) is 0 Å². The summed E-state index contributed by atoms with van der Waals surface area (Å²) in [7, 11) is 2.13. The molecule has 1 N–H and O–H groups in total. The number of ether oxygens (including phenoxy) is 1. The molecule has 1 fully saturated rings. The van der Waals surface area contributed by atoms with Gasteiger partial charge in [-0.3, -0.25) is 0 Å². The van der Waals surface area contributed by atoms with Crippen LogP contribution in [0.1, 0.15) is 71.6 Å². The highest BCUT2D eigenvalue weighted by Crippen LogP contribution is 2.23. The number of hydrogen-bond acceptors (Lipinski definition) is 2. The van der Waals surface area contributed by atoms with Gasteiger partial charge in [-0.15, -0.1) is 0 Å². The average Bonchev–Trinajstić information content (AvgIpc) is 2.88. The average molecular weight is 255 g/mol. The van der Waals surface area contributed by atoms with Gasteiger partial charge in [0.2, 0.25) is 0 Å². The zero-order valence-electron chi connectivity index (χ0n) is 12.7. The van der Waals surface area contributed by atoms with E-state index in [4.69, 9.17) is 4.74 Å². The molecule has 0 amide bonds. The highest BCUT2D eigenvalue weighted by Gasteiger charge is 2.20. The van der Waals surface area contributed by atoms with Gasteiger partial charge in [-0.25, -0.2) is 0 Å². The van der Waals surface area contributed by atoms with Gasteiger partial charge in [0.25, 0.3) is 0 Å². The largest absolute Gasteiger partial charge is 0.378 e. The fraction of sp³-hybridized carbons (Fsp3) is 1.00. The maximum absolute atomic E-state index is 5.70. The molecular formula is C16H33NO. The van der Waals surface area contributed by atoms with Crippen molar-refractivity contribution in [1.82, 2.24) is 5.32 Å². The first-order chi connectivity index (χ1) is 8.81. The summed E-state index contributed by atoms with van der Waals surface area (Å²) in [5.41, 5.74) is 0. The molecule has 2 nitrogen and oxygen atoms in total. The zero-order valence-corrected chi connectivity index (χ0v) is 12.7. The van der Waals surface area contributed by atoms with Crippen molar-refractivity contribution in [2.45, 2.75) is 83.8 Å². The summed E-state index contributed by atoms with van der Waals surface area (Å²) in [6.45, 7) is 5.61. The summed E-state index contributed by atoms with van der Waals surface area (Å²) in [6, 6.07) is 0.714. The summed E-state index contributed by atoms with van der Waals surface area (Å²) in [4.78, 5) is 0. The summed E-state index contributed by atoms with van der Waals surface area (Å²) in [5, 5.41) is 3.56. The Morgan fingerprint density at radius 1 is 1.17 bits per heavy atom. The van der Waals surface area contributed by atoms with Crippen LogP contribution in [0.4, 0.5) is 0 Å². The van der Waals surface area contributed by atoms with E-state index in [1.54, 1.807) is 0 Å². The lowest BCUT2D eigenvalue weighted by Crippen LogP contribution is -2.33. The minimum Gasteiger partial charge on any atom is -0.378 e. The van der Waals surface area contributed by atoms with Crippen molar-refractivity contribution in [2.24, 2.45) is 5.92 Å². The number of hydrogen-bond donors (Lipinski definition) is 1. The van der Waals surface area contributed by atoms with E-state index in [0.717, 1.165) is 12.5 Å². The van der Waals surface area contributed by atoms with Gasteiger partial charge < -0.3 is 10.1 Å². The Morgan fingerprint density at radius 2 is 1.89 bits per heavy atom. The summed E-state index contributed by atoms with van der Waals surface area (Å²) in [5.74, 6) is 0.870. The van der Waals surface area contributed by atoms with E-state index >= 15 is 0 Å². The number of nitrogens with one attached hydrogen (secondary N) is 1.